The van der Waals surface area contributed by atoms with Gasteiger partial charge in [-0.15, -0.1) is 0 Å². The third-order valence-corrected chi connectivity index (χ3v) is 4.24. The Morgan fingerprint density at radius 2 is 2.17 bits per heavy atom. The van der Waals surface area contributed by atoms with Gasteiger partial charge in [-0.1, -0.05) is 11.6 Å². The minimum Gasteiger partial charge on any atom is -0.459 e. The first-order chi connectivity index (χ1) is 11.5. The number of amides is 2. The minimum atomic E-state index is -0.588. The molecule has 1 aliphatic heterocycles. The number of rotatable bonds is 3. The number of carbonyl (C=O) groups excluding carboxylic acids is 2. The molecule has 24 heavy (non-hydrogen) atoms. The van der Waals surface area contributed by atoms with E-state index in [-0.39, 0.29) is 34.8 Å². The van der Waals surface area contributed by atoms with Crippen LogP contribution < -0.4 is 5.32 Å². The highest BCUT2D eigenvalue weighted by molar-refractivity contribution is 6.30. The fourth-order valence-electron chi connectivity index (χ4n) is 2.76. The lowest BCUT2D eigenvalue weighted by Gasteiger charge is -2.31. The molecule has 0 radical (unpaired) electrons. The zero-order valence-corrected chi connectivity index (χ0v) is 13.6. The molecule has 0 aliphatic carbocycles. The summed E-state index contributed by atoms with van der Waals surface area (Å²) in [5.74, 6) is -1.29. The van der Waals surface area contributed by atoms with Crippen LogP contribution in [0.4, 0.5) is 10.1 Å². The molecule has 126 valence electrons. The number of hydrogen-bond acceptors (Lipinski definition) is 3. The number of furan rings is 1. The predicted molar refractivity (Wildman–Crippen MR) is 87.4 cm³/mol. The Morgan fingerprint density at radius 3 is 2.88 bits per heavy atom. The molecule has 7 heteroatoms. The Bertz CT molecular complexity index is 748. The highest BCUT2D eigenvalue weighted by Gasteiger charge is 2.30. The second kappa shape index (κ2) is 7.05. The highest BCUT2D eigenvalue weighted by Crippen LogP contribution is 2.23. The van der Waals surface area contributed by atoms with E-state index in [9.17, 15) is 14.0 Å². The minimum absolute atomic E-state index is 0.0823. The molecule has 0 saturated carbocycles. The quantitative estimate of drug-likeness (QED) is 0.920. The van der Waals surface area contributed by atoms with Crippen molar-refractivity contribution in [2.75, 3.05) is 18.4 Å². The van der Waals surface area contributed by atoms with Crippen molar-refractivity contribution in [1.82, 2.24) is 4.90 Å². The van der Waals surface area contributed by atoms with E-state index in [0.717, 1.165) is 6.07 Å². The zero-order valence-electron chi connectivity index (χ0n) is 12.8. The van der Waals surface area contributed by atoms with Gasteiger partial charge >= 0.3 is 0 Å². The third-order valence-electron chi connectivity index (χ3n) is 4.00. The Labute approximate surface area is 143 Å². The van der Waals surface area contributed by atoms with Crippen molar-refractivity contribution in [2.45, 2.75) is 12.8 Å². The van der Waals surface area contributed by atoms with Gasteiger partial charge in [-0.2, -0.15) is 0 Å². The molecule has 1 N–H and O–H groups in total. The van der Waals surface area contributed by atoms with Crippen molar-refractivity contribution in [2.24, 2.45) is 5.92 Å². The molecule has 2 amide bonds. The number of hydrogen-bond donors (Lipinski definition) is 1. The normalized spacial score (nSPS) is 17.6. The Hall–Kier alpha value is -2.34. The van der Waals surface area contributed by atoms with Crippen LogP contribution in [0.5, 0.6) is 0 Å². The maximum atomic E-state index is 13.8. The van der Waals surface area contributed by atoms with Gasteiger partial charge in [-0.25, -0.2) is 4.39 Å². The second-order valence-electron chi connectivity index (χ2n) is 5.68. The van der Waals surface area contributed by atoms with E-state index in [1.165, 1.54) is 18.4 Å². The first-order valence-corrected chi connectivity index (χ1v) is 8.01. The van der Waals surface area contributed by atoms with Crippen LogP contribution in [0.2, 0.25) is 5.02 Å². The molecular weight excluding hydrogens is 335 g/mol. The van der Waals surface area contributed by atoms with Gasteiger partial charge in [0, 0.05) is 18.1 Å². The Balaban J connectivity index is 1.65. The summed E-state index contributed by atoms with van der Waals surface area (Å²) in [5, 5.41) is 2.83. The monoisotopic (exact) mass is 350 g/mol. The SMILES string of the molecule is O=C(Nc1ccc(Cl)cc1F)[C@@H]1CCCN(C(=O)c2ccco2)C1. The average molecular weight is 351 g/mol. The molecule has 3 rings (SSSR count). The molecule has 1 aliphatic rings. The van der Waals surface area contributed by atoms with Crippen molar-refractivity contribution in [3.63, 3.8) is 0 Å². The van der Waals surface area contributed by atoms with E-state index in [4.69, 9.17) is 16.0 Å². The lowest BCUT2D eigenvalue weighted by molar-refractivity contribution is -0.121. The number of anilines is 1. The van der Waals surface area contributed by atoms with Crippen LogP contribution in [-0.4, -0.2) is 29.8 Å². The van der Waals surface area contributed by atoms with Crippen molar-refractivity contribution in [1.29, 1.82) is 0 Å². The molecule has 2 aromatic rings. The van der Waals surface area contributed by atoms with Gasteiger partial charge < -0.3 is 14.6 Å². The van der Waals surface area contributed by atoms with Crippen molar-refractivity contribution >= 4 is 29.1 Å². The molecule has 1 aromatic heterocycles. The summed E-state index contributed by atoms with van der Waals surface area (Å²) in [4.78, 5) is 26.3. The number of carbonyl (C=O) groups is 2. The summed E-state index contributed by atoms with van der Waals surface area (Å²) >= 11 is 5.70. The first kappa shape index (κ1) is 16.5. The van der Waals surface area contributed by atoms with Crippen LogP contribution in [0.1, 0.15) is 23.4 Å². The van der Waals surface area contributed by atoms with Gasteiger partial charge in [0.05, 0.1) is 17.9 Å². The summed E-state index contributed by atoms with van der Waals surface area (Å²) in [6.45, 7) is 0.846. The van der Waals surface area contributed by atoms with Crippen LogP contribution in [0.25, 0.3) is 0 Å². The van der Waals surface area contributed by atoms with Gasteiger partial charge in [-0.05, 0) is 43.2 Å². The molecule has 5 nitrogen and oxygen atoms in total. The van der Waals surface area contributed by atoms with Gasteiger partial charge in [0.2, 0.25) is 5.91 Å². The van der Waals surface area contributed by atoms with Gasteiger partial charge in [0.25, 0.3) is 5.91 Å². The molecule has 1 fully saturated rings. The van der Waals surface area contributed by atoms with E-state index in [0.29, 0.717) is 19.4 Å². The molecule has 0 spiro atoms. The summed E-state index contributed by atoms with van der Waals surface area (Å²) in [6, 6.07) is 7.31. The fourth-order valence-corrected chi connectivity index (χ4v) is 2.92. The number of nitrogens with zero attached hydrogens (tertiary/aromatic N) is 1. The molecule has 1 saturated heterocycles. The van der Waals surface area contributed by atoms with Crippen molar-refractivity contribution < 1.29 is 18.4 Å². The average Bonchev–Trinajstić information content (AvgIpc) is 3.11. The highest BCUT2D eigenvalue weighted by atomic mass is 35.5. The second-order valence-corrected chi connectivity index (χ2v) is 6.12. The topological polar surface area (TPSA) is 62.6 Å². The number of likely N-dealkylation sites (tertiary alicyclic amines) is 1. The van der Waals surface area contributed by atoms with E-state index >= 15 is 0 Å². The zero-order chi connectivity index (χ0) is 17.1. The summed E-state index contributed by atoms with van der Waals surface area (Å²) < 4.78 is 18.9. The maximum Gasteiger partial charge on any atom is 0.289 e. The molecule has 0 bridgehead atoms. The molecular formula is C17H16ClFN2O3. The smallest absolute Gasteiger partial charge is 0.289 e. The third kappa shape index (κ3) is 3.59. The Morgan fingerprint density at radius 1 is 1.33 bits per heavy atom. The maximum absolute atomic E-state index is 13.8. The van der Waals surface area contributed by atoms with Crippen LogP contribution >= 0.6 is 11.6 Å². The van der Waals surface area contributed by atoms with Gasteiger partial charge in [0.1, 0.15) is 5.82 Å². The largest absolute Gasteiger partial charge is 0.459 e. The summed E-state index contributed by atoms with van der Waals surface area (Å²) in [5.41, 5.74) is 0.0823. The molecule has 2 heterocycles. The molecule has 0 unspecified atom stereocenters. The first-order valence-electron chi connectivity index (χ1n) is 7.63. The van der Waals surface area contributed by atoms with Gasteiger partial charge in [0.15, 0.2) is 5.76 Å². The van der Waals surface area contributed by atoms with E-state index in [1.54, 1.807) is 17.0 Å². The molecule has 1 aromatic carbocycles. The fraction of sp³-hybridized carbons (Fsp3) is 0.294. The van der Waals surface area contributed by atoms with E-state index < -0.39 is 11.7 Å². The van der Waals surface area contributed by atoms with Crippen molar-refractivity contribution in [3.05, 3.63) is 53.2 Å². The number of piperidine rings is 1. The Kier molecular flexibility index (Phi) is 4.85. The number of halogens is 2. The van der Waals surface area contributed by atoms with Crippen LogP contribution in [0.15, 0.2) is 41.0 Å². The summed E-state index contributed by atoms with van der Waals surface area (Å²) in [7, 11) is 0. The standard InChI is InChI=1S/C17H16ClFN2O3/c18-12-5-6-14(13(19)9-12)20-16(22)11-3-1-7-21(10-11)17(23)15-4-2-8-24-15/h2,4-6,8-9,11H,1,3,7,10H2,(H,20,22)/t11-/m1/s1. The predicted octanol–water partition coefficient (Wildman–Crippen LogP) is 3.56. The van der Waals surface area contributed by atoms with Crippen LogP contribution in [-0.2, 0) is 4.79 Å². The van der Waals surface area contributed by atoms with Crippen LogP contribution in [0.3, 0.4) is 0 Å². The lowest BCUT2D eigenvalue weighted by Crippen LogP contribution is -2.43. The van der Waals surface area contributed by atoms with E-state index in [1.807, 2.05) is 0 Å². The lowest BCUT2D eigenvalue weighted by atomic mass is 9.96. The summed E-state index contributed by atoms with van der Waals surface area (Å²) in [6.07, 6.45) is 2.78. The van der Waals surface area contributed by atoms with E-state index in [2.05, 4.69) is 5.32 Å². The van der Waals surface area contributed by atoms with Gasteiger partial charge in [-0.3, -0.25) is 9.59 Å². The number of benzene rings is 1. The van der Waals surface area contributed by atoms with Crippen LogP contribution in [0, 0.1) is 11.7 Å². The van der Waals surface area contributed by atoms with Crippen molar-refractivity contribution in [3.8, 4) is 0 Å². The molecule has 1 atom stereocenters. The number of nitrogens with one attached hydrogen (secondary N) is 1.